The molecule has 2 heterocycles. The molecule has 1 aromatic heterocycles. The fourth-order valence-corrected chi connectivity index (χ4v) is 3.56. The van der Waals surface area contributed by atoms with Gasteiger partial charge in [0.05, 0.1) is 11.1 Å². The average Bonchev–Trinajstić information content (AvgIpc) is 2.77. The van der Waals surface area contributed by atoms with Crippen molar-refractivity contribution in [2.75, 3.05) is 13.6 Å². The molecule has 0 amide bonds. The van der Waals surface area contributed by atoms with Gasteiger partial charge in [0.15, 0.2) is 0 Å². The van der Waals surface area contributed by atoms with Crippen molar-refractivity contribution in [1.82, 2.24) is 9.47 Å². The molecule has 1 aromatic carbocycles. The minimum Gasteiger partial charge on any atom is -0.478 e. The van der Waals surface area contributed by atoms with Gasteiger partial charge in [-0.2, -0.15) is 0 Å². The van der Waals surface area contributed by atoms with Crippen LogP contribution >= 0.6 is 0 Å². The van der Waals surface area contributed by atoms with Crippen molar-refractivity contribution in [3.63, 3.8) is 0 Å². The molecule has 0 saturated heterocycles. The van der Waals surface area contributed by atoms with Gasteiger partial charge in [0.25, 0.3) is 0 Å². The number of likely N-dealkylation sites (N-methyl/N-ethyl adjacent to an activating group) is 1. The van der Waals surface area contributed by atoms with Gasteiger partial charge in [-0.05, 0) is 32.0 Å². The van der Waals surface area contributed by atoms with Gasteiger partial charge in [-0.3, -0.25) is 4.79 Å². The first-order valence-corrected chi connectivity index (χ1v) is 7.95. The van der Waals surface area contributed by atoms with Crippen molar-refractivity contribution < 1.29 is 14.7 Å². The lowest BCUT2D eigenvalue weighted by Gasteiger charge is -2.24. The zero-order chi connectivity index (χ0) is 16.7. The van der Waals surface area contributed by atoms with Gasteiger partial charge in [0.2, 0.25) is 0 Å². The summed E-state index contributed by atoms with van der Waals surface area (Å²) in [7, 11) is 2.08. The molecule has 0 atom stereocenters. The van der Waals surface area contributed by atoms with Gasteiger partial charge in [0, 0.05) is 43.6 Å². The standard InChI is InChI=1S/C18H22N2O3/c1-11-4-5-13-14-10-19(3)8-7-15(14)20(9-6-12(2)21)17(13)16(11)18(22)23/h4-5H,6-10H2,1-3H3,(H,22,23). The van der Waals surface area contributed by atoms with Crippen molar-refractivity contribution in [2.24, 2.45) is 0 Å². The van der Waals surface area contributed by atoms with Crippen LogP contribution in [0.2, 0.25) is 0 Å². The minimum absolute atomic E-state index is 0.123. The van der Waals surface area contributed by atoms with E-state index in [1.807, 2.05) is 19.1 Å². The number of carboxylic acid groups (broad SMARTS) is 1. The molecule has 3 rings (SSSR count). The van der Waals surface area contributed by atoms with Crippen molar-refractivity contribution >= 4 is 22.7 Å². The lowest BCUT2D eigenvalue weighted by molar-refractivity contribution is -0.117. The maximum Gasteiger partial charge on any atom is 0.338 e. The van der Waals surface area contributed by atoms with E-state index in [0.29, 0.717) is 18.5 Å². The molecule has 0 unspecified atom stereocenters. The number of carbonyl (C=O) groups is 2. The first-order valence-electron chi connectivity index (χ1n) is 7.95. The monoisotopic (exact) mass is 314 g/mol. The average molecular weight is 314 g/mol. The second kappa shape index (κ2) is 5.81. The highest BCUT2D eigenvalue weighted by Crippen LogP contribution is 2.34. The molecule has 0 saturated carbocycles. The number of hydrogen-bond acceptors (Lipinski definition) is 3. The molecule has 0 fully saturated rings. The van der Waals surface area contributed by atoms with Crippen LogP contribution in [-0.2, 0) is 24.3 Å². The Kier molecular flexibility index (Phi) is 3.98. The first-order chi connectivity index (χ1) is 10.9. The zero-order valence-corrected chi connectivity index (χ0v) is 13.8. The quantitative estimate of drug-likeness (QED) is 0.942. The second-order valence-electron chi connectivity index (χ2n) is 6.48. The predicted octanol–water partition coefficient (Wildman–Crippen LogP) is 2.61. The third kappa shape index (κ3) is 2.65. The Balaban J connectivity index is 2.30. The number of fused-ring (bicyclic) bond motifs is 3. The van der Waals surface area contributed by atoms with E-state index in [9.17, 15) is 14.7 Å². The second-order valence-corrected chi connectivity index (χ2v) is 6.48. The topological polar surface area (TPSA) is 62.5 Å². The van der Waals surface area contributed by atoms with E-state index in [4.69, 9.17) is 0 Å². The normalized spacial score (nSPS) is 14.9. The first kappa shape index (κ1) is 15.7. The van der Waals surface area contributed by atoms with E-state index in [0.717, 1.165) is 36.0 Å². The van der Waals surface area contributed by atoms with E-state index in [1.54, 1.807) is 6.92 Å². The Bertz CT molecular complexity index is 804. The molecule has 2 aromatic rings. The van der Waals surface area contributed by atoms with E-state index in [-0.39, 0.29) is 5.78 Å². The number of nitrogens with zero attached hydrogens (tertiary/aromatic N) is 2. The van der Waals surface area contributed by atoms with Gasteiger partial charge in [0.1, 0.15) is 5.78 Å². The van der Waals surface area contributed by atoms with Gasteiger partial charge < -0.3 is 14.6 Å². The number of ketones is 1. The molecular weight excluding hydrogens is 292 g/mol. The molecule has 1 aliphatic heterocycles. The number of aromatic nitrogens is 1. The van der Waals surface area contributed by atoms with Crippen LogP contribution < -0.4 is 0 Å². The van der Waals surface area contributed by atoms with Crippen LogP contribution in [0, 0.1) is 6.92 Å². The summed E-state index contributed by atoms with van der Waals surface area (Å²) in [4.78, 5) is 25.5. The van der Waals surface area contributed by atoms with Crippen LogP contribution in [0.15, 0.2) is 12.1 Å². The third-order valence-corrected chi connectivity index (χ3v) is 4.72. The molecule has 1 N–H and O–H groups in total. The maximum atomic E-state index is 11.8. The van der Waals surface area contributed by atoms with Crippen LogP contribution in [0.5, 0.6) is 0 Å². The number of carbonyl (C=O) groups excluding carboxylic acids is 1. The summed E-state index contributed by atoms with van der Waals surface area (Å²) >= 11 is 0. The molecule has 0 aliphatic carbocycles. The fraction of sp³-hybridized carbons (Fsp3) is 0.444. The third-order valence-electron chi connectivity index (χ3n) is 4.72. The van der Waals surface area contributed by atoms with Crippen LogP contribution in [0.3, 0.4) is 0 Å². The van der Waals surface area contributed by atoms with E-state index >= 15 is 0 Å². The molecular formula is C18H22N2O3. The SMILES string of the molecule is CC(=O)CCn1c2c(c3ccc(C)c(C(=O)O)c31)CN(C)CC2. The summed E-state index contributed by atoms with van der Waals surface area (Å²) in [6, 6.07) is 3.91. The van der Waals surface area contributed by atoms with Crippen LogP contribution in [0.4, 0.5) is 0 Å². The highest BCUT2D eigenvalue weighted by Gasteiger charge is 2.26. The van der Waals surface area contributed by atoms with Crippen LogP contribution in [0.25, 0.3) is 10.9 Å². The predicted molar refractivity (Wildman–Crippen MR) is 89.0 cm³/mol. The van der Waals surface area contributed by atoms with E-state index in [1.165, 1.54) is 11.3 Å². The molecule has 0 radical (unpaired) electrons. The Hall–Kier alpha value is -2.14. The molecule has 1 aliphatic rings. The molecule has 5 nitrogen and oxygen atoms in total. The van der Waals surface area contributed by atoms with Gasteiger partial charge in [-0.1, -0.05) is 12.1 Å². The summed E-state index contributed by atoms with van der Waals surface area (Å²) in [5, 5.41) is 10.7. The minimum atomic E-state index is -0.902. The lowest BCUT2D eigenvalue weighted by atomic mass is 10.0. The number of aromatic carboxylic acids is 1. The summed E-state index contributed by atoms with van der Waals surface area (Å²) < 4.78 is 2.08. The summed E-state index contributed by atoms with van der Waals surface area (Å²) in [5.74, 6) is -0.779. The van der Waals surface area contributed by atoms with Crippen molar-refractivity contribution in [1.29, 1.82) is 0 Å². The summed E-state index contributed by atoms with van der Waals surface area (Å²) in [5.41, 5.74) is 4.30. The highest BCUT2D eigenvalue weighted by atomic mass is 16.4. The van der Waals surface area contributed by atoms with Crippen molar-refractivity contribution in [3.8, 4) is 0 Å². The number of rotatable bonds is 4. The summed E-state index contributed by atoms with van der Waals surface area (Å²) in [6.07, 6.45) is 1.32. The van der Waals surface area contributed by atoms with Crippen LogP contribution in [-0.4, -0.2) is 39.9 Å². The fourth-order valence-electron chi connectivity index (χ4n) is 3.56. The van der Waals surface area contributed by atoms with Gasteiger partial charge in [-0.25, -0.2) is 4.79 Å². The molecule has 5 heteroatoms. The largest absolute Gasteiger partial charge is 0.478 e. The molecule has 0 bridgehead atoms. The Morgan fingerprint density at radius 3 is 2.70 bits per heavy atom. The zero-order valence-electron chi connectivity index (χ0n) is 13.8. The van der Waals surface area contributed by atoms with E-state index < -0.39 is 5.97 Å². The molecule has 122 valence electrons. The number of benzene rings is 1. The van der Waals surface area contributed by atoms with Crippen molar-refractivity contribution in [3.05, 3.63) is 34.5 Å². The maximum absolute atomic E-state index is 11.8. The number of hydrogen-bond donors (Lipinski definition) is 1. The Morgan fingerprint density at radius 1 is 1.30 bits per heavy atom. The number of Topliss-reactive ketones (excluding diaryl/α,β-unsaturated/α-hetero) is 1. The number of aryl methyl sites for hydroxylation is 2. The van der Waals surface area contributed by atoms with Crippen LogP contribution in [0.1, 0.15) is 40.5 Å². The van der Waals surface area contributed by atoms with E-state index in [2.05, 4.69) is 16.5 Å². The number of carboxylic acids is 1. The van der Waals surface area contributed by atoms with Gasteiger partial charge in [-0.15, -0.1) is 0 Å². The molecule has 23 heavy (non-hydrogen) atoms. The van der Waals surface area contributed by atoms with Gasteiger partial charge >= 0.3 is 5.97 Å². The van der Waals surface area contributed by atoms with Crippen molar-refractivity contribution in [2.45, 2.75) is 39.8 Å². The highest BCUT2D eigenvalue weighted by molar-refractivity contribution is 6.05. The Labute approximate surface area is 135 Å². The lowest BCUT2D eigenvalue weighted by Crippen LogP contribution is -2.27. The summed E-state index contributed by atoms with van der Waals surface area (Å²) in [6.45, 7) is 5.73. The molecule has 0 spiro atoms. The smallest absolute Gasteiger partial charge is 0.338 e. The Morgan fingerprint density at radius 2 is 2.04 bits per heavy atom.